The Balaban J connectivity index is 2.08. The van der Waals surface area contributed by atoms with Gasteiger partial charge in [0, 0.05) is 6.07 Å². The Morgan fingerprint density at radius 2 is 2.11 bits per heavy atom. The zero-order valence-corrected chi connectivity index (χ0v) is 12.7. The number of aromatic nitrogens is 2. The number of nitrogen functional groups attached to an aromatic ring is 1. The predicted molar refractivity (Wildman–Crippen MR) is 75.4 cm³/mol. The maximum Gasteiger partial charge on any atom is 0.319 e. The highest BCUT2D eigenvalue weighted by Crippen LogP contribution is 2.39. The number of rotatable bonds is 2. The maximum atomic E-state index is 5.89. The molecule has 0 aliphatic heterocycles. The molecule has 0 aromatic carbocycles. The second-order valence-corrected chi connectivity index (χ2v) is 6.86. The quantitative estimate of drug-likeness (QED) is 0.850. The third kappa shape index (κ3) is 3.57. The predicted octanol–water partition coefficient (Wildman–Crippen LogP) is 3.41. The summed E-state index contributed by atoms with van der Waals surface area (Å²) in [4.78, 5) is 8.32. The van der Waals surface area contributed by atoms with Crippen molar-refractivity contribution in [3.05, 3.63) is 10.7 Å². The molecule has 2 N–H and O–H groups in total. The summed E-state index contributed by atoms with van der Waals surface area (Å²) in [6.07, 6.45) is 3.51. The molecule has 2 unspecified atom stereocenters. The molecule has 5 heteroatoms. The molecule has 0 saturated heterocycles. The van der Waals surface area contributed by atoms with Crippen molar-refractivity contribution in [2.75, 3.05) is 5.73 Å². The fourth-order valence-electron chi connectivity index (χ4n) is 2.96. The standard InChI is InChI=1S/C13H20BrN3O/c1-8-4-9(7-13(2,3)6-8)18-12-16-10(14)5-11(15)17-12/h5,8-9H,4,6-7H2,1-3H3,(H2,15,16,17). The topological polar surface area (TPSA) is 61.0 Å². The number of nitrogens with zero attached hydrogens (tertiary/aromatic N) is 2. The van der Waals surface area contributed by atoms with Gasteiger partial charge in [-0.15, -0.1) is 0 Å². The van der Waals surface area contributed by atoms with Crippen molar-refractivity contribution in [1.29, 1.82) is 0 Å². The third-order valence-electron chi connectivity index (χ3n) is 3.31. The summed E-state index contributed by atoms with van der Waals surface area (Å²) in [5.41, 5.74) is 6.00. The Hall–Kier alpha value is -0.840. The highest BCUT2D eigenvalue weighted by Gasteiger charge is 2.33. The van der Waals surface area contributed by atoms with Crippen LogP contribution < -0.4 is 10.5 Å². The van der Waals surface area contributed by atoms with Crippen LogP contribution in [-0.4, -0.2) is 16.1 Å². The normalized spacial score (nSPS) is 26.9. The first kappa shape index (κ1) is 13.6. The van der Waals surface area contributed by atoms with E-state index in [2.05, 4.69) is 46.7 Å². The minimum atomic E-state index is 0.178. The average molecular weight is 314 g/mol. The van der Waals surface area contributed by atoms with E-state index in [0.717, 1.165) is 12.8 Å². The SMILES string of the molecule is CC1CC(Oc2nc(N)cc(Br)n2)CC(C)(C)C1. The van der Waals surface area contributed by atoms with Crippen molar-refractivity contribution < 1.29 is 4.74 Å². The molecular weight excluding hydrogens is 294 g/mol. The zero-order chi connectivity index (χ0) is 13.3. The molecule has 1 saturated carbocycles. The van der Waals surface area contributed by atoms with Gasteiger partial charge in [0.25, 0.3) is 0 Å². The van der Waals surface area contributed by atoms with Crippen LogP contribution in [0, 0.1) is 11.3 Å². The van der Waals surface area contributed by atoms with E-state index in [9.17, 15) is 0 Å². The second kappa shape index (κ2) is 5.03. The number of hydrogen-bond donors (Lipinski definition) is 1. The number of hydrogen-bond acceptors (Lipinski definition) is 4. The Bertz CT molecular complexity index is 416. The van der Waals surface area contributed by atoms with Gasteiger partial charge in [0.05, 0.1) is 0 Å². The molecule has 1 heterocycles. The zero-order valence-electron chi connectivity index (χ0n) is 11.1. The highest BCUT2D eigenvalue weighted by atomic mass is 79.9. The van der Waals surface area contributed by atoms with Crippen LogP contribution in [0.15, 0.2) is 10.7 Å². The van der Waals surface area contributed by atoms with E-state index < -0.39 is 0 Å². The number of halogens is 1. The molecule has 2 rings (SSSR count). The maximum absolute atomic E-state index is 5.89. The molecular formula is C13H20BrN3O. The lowest BCUT2D eigenvalue weighted by Crippen LogP contribution is -2.34. The second-order valence-electron chi connectivity index (χ2n) is 6.05. The van der Waals surface area contributed by atoms with Crippen molar-refractivity contribution in [1.82, 2.24) is 9.97 Å². The van der Waals surface area contributed by atoms with Crippen molar-refractivity contribution in [2.24, 2.45) is 11.3 Å². The first-order chi connectivity index (χ1) is 8.34. The molecule has 0 bridgehead atoms. The molecule has 1 aromatic heterocycles. The lowest BCUT2D eigenvalue weighted by molar-refractivity contribution is 0.0499. The van der Waals surface area contributed by atoms with Gasteiger partial charge in [0.15, 0.2) is 0 Å². The van der Waals surface area contributed by atoms with Gasteiger partial charge in [-0.05, 0) is 46.5 Å². The molecule has 4 nitrogen and oxygen atoms in total. The van der Waals surface area contributed by atoms with Gasteiger partial charge in [0.2, 0.25) is 0 Å². The van der Waals surface area contributed by atoms with Gasteiger partial charge in [-0.3, -0.25) is 0 Å². The van der Waals surface area contributed by atoms with E-state index in [0.29, 0.717) is 27.8 Å². The third-order valence-corrected chi connectivity index (χ3v) is 3.72. The van der Waals surface area contributed by atoms with E-state index in [1.807, 2.05) is 0 Å². The number of nitrogens with two attached hydrogens (primary N) is 1. The Morgan fingerprint density at radius 3 is 2.72 bits per heavy atom. The minimum absolute atomic E-state index is 0.178. The van der Waals surface area contributed by atoms with Crippen LogP contribution in [-0.2, 0) is 0 Å². The van der Waals surface area contributed by atoms with Gasteiger partial charge in [-0.2, -0.15) is 9.97 Å². The molecule has 1 aliphatic carbocycles. The molecule has 0 amide bonds. The first-order valence-corrected chi connectivity index (χ1v) is 7.10. The summed E-state index contributed by atoms with van der Waals surface area (Å²) in [7, 11) is 0. The molecule has 1 aromatic rings. The van der Waals surface area contributed by atoms with Gasteiger partial charge in [-0.1, -0.05) is 20.8 Å². The van der Waals surface area contributed by atoms with E-state index in [4.69, 9.17) is 10.5 Å². The van der Waals surface area contributed by atoms with Crippen molar-refractivity contribution >= 4 is 21.7 Å². The first-order valence-electron chi connectivity index (χ1n) is 6.31. The van der Waals surface area contributed by atoms with Crippen LogP contribution in [0.25, 0.3) is 0 Å². The largest absolute Gasteiger partial charge is 0.460 e. The van der Waals surface area contributed by atoms with E-state index in [-0.39, 0.29) is 6.10 Å². The summed E-state index contributed by atoms with van der Waals surface area (Å²) >= 11 is 3.30. The molecule has 1 aliphatic rings. The lowest BCUT2D eigenvalue weighted by atomic mass is 9.71. The van der Waals surface area contributed by atoms with E-state index in [1.165, 1.54) is 6.42 Å². The van der Waals surface area contributed by atoms with Crippen molar-refractivity contribution in [3.63, 3.8) is 0 Å². The van der Waals surface area contributed by atoms with Crippen LogP contribution in [0.1, 0.15) is 40.0 Å². The Morgan fingerprint density at radius 1 is 1.39 bits per heavy atom. The molecule has 1 fully saturated rings. The summed E-state index contributed by atoms with van der Waals surface area (Å²) < 4.78 is 6.55. The summed E-state index contributed by atoms with van der Waals surface area (Å²) in [6.45, 7) is 6.84. The Labute approximate surface area is 116 Å². The molecule has 0 radical (unpaired) electrons. The van der Waals surface area contributed by atoms with Gasteiger partial charge < -0.3 is 10.5 Å². The van der Waals surface area contributed by atoms with Crippen LogP contribution in [0.4, 0.5) is 5.82 Å². The summed E-state index contributed by atoms with van der Waals surface area (Å²) in [5, 5.41) is 0. The van der Waals surface area contributed by atoms with Crippen molar-refractivity contribution in [3.8, 4) is 6.01 Å². The van der Waals surface area contributed by atoms with E-state index >= 15 is 0 Å². The molecule has 18 heavy (non-hydrogen) atoms. The van der Waals surface area contributed by atoms with Gasteiger partial charge in [0.1, 0.15) is 16.5 Å². The van der Waals surface area contributed by atoms with Crippen LogP contribution in [0.2, 0.25) is 0 Å². The fourth-order valence-corrected chi connectivity index (χ4v) is 3.35. The fraction of sp³-hybridized carbons (Fsp3) is 0.692. The van der Waals surface area contributed by atoms with Gasteiger partial charge >= 0.3 is 6.01 Å². The van der Waals surface area contributed by atoms with Crippen LogP contribution in [0.3, 0.4) is 0 Å². The Kier molecular flexibility index (Phi) is 3.80. The molecule has 100 valence electrons. The molecule has 0 spiro atoms. The number of anilines is 1. The monoisotopic (exact) mass is 313 g/mol. The summed E-state index contributed by atoms with van der Waals surface area (Å²) in [6, 6.07) is 2.04. The van der Waals surface area contributed by atoms with Crippen LogP contribution in [0.5, 0.6) is 6.01 Å². The average Bonchev–Trinajstić information content (AvgIpc) is 2.10. The van der Waals surface area contributed by atoms with Crippen LogP contribution >= 0.6 is 15.9 Å². The highest BCUT2D eigenvalue weighted by molar-refractivity contribution is 9.10. The minimum Gasteiger partial charge on any atom is -0.460 e. The summed E-state index contributed by atoms with van der Waals surface area (Å²) in [5.74, 6) is 1.10. The smallest absolute Gasteiger partial charge is 0.319 e. The van der Waals surface area contributed by atoms with E-state index in [1.54, 1.807) is 6.07 Å². The lowest BCUT2D eigenvalue weighted by Gasteiger charge is -2.38. The van der Waals surface area contributed by atoms with Gasteiger partial charge in [-0.25, -0.2) is 0 Å². The number of ether oxygens (including phenoxy) is 1. The molecule has 2 atom stereocenters. The van der Waals surface area contributed by atoms with Crippen molar-refractivity contribution in [2.45, 2.75) is 46.1 Å².